The van der Waals surface area contributed by atoms with Crippen molar-refractivity contribution < 1.29 is 23.4 Å². The van der Waals surface area contributed by atoms with Crippen molar-refractivity contribution in [3.05, 3.63) is 41.9 Å². The monoisotopic (exact) mass is 559 g/mol. The molecule has 2 heterocycles. The van der Waals surface area contributed by atoms with Crippen LogP contribution in [0.15, 0.2) is 39.9 Å². The predicted molar refractivity (Wildman–Crippen MR) is 135 cm³/mol. The molecule has 9 heteroatoms. The summed E-state index contributed by atoms with van der Waals surface area (Å²) in [5.41, 5.74) is 0.954. The van der Waals surface area contributed by atoms with E-state index in [1.807, 2.05) is 24.3 Å². The van der Waals surface area contributed by atoms with E-state index in [0.717, 1.165) is 49.7 Å². The molecule has 1 saturated heterocycles. The summed E-state index contributed by atoms with van der Waals surface area (Å²) >= 11 is 0. The Balaban J connectivity index is 0.00000363. The number of hydrogen-bond acceptors (Lipinski definition) is 6. The van der Waals surface area contributed by atoms with E-state index in [1.165, 1.54) is 6.42 Å². The molecule has 3 rings (SSSR count). The second-order valence-electron chi connectivity index (χ2n) is 7.32. The van der Waals surface area contributed by atoms with Gasteiger partial charge in [0.2, 0.25) is 5.75 Å². The fourth-order valence-electron chi connectivity index (χ4n) is 3.51. The van der Waals surface area contributed by atoms with E-state index in [1.54, 1.807) is 27.6 Å². The Bertz CT molecular complexity index is 798. The first-order valence-corrected chi connectivity index (χ1v) is 10.7. The van der Waals surface area contributed by atoms with Crippen molar-refractivity contribution in [1.29, 1.82) is 0 Å². The summed E-state index contributed by atoms with van der Waals surface area (Å²) in [4.78, 5) is 4.76. The Labute approximate surface area is 207 Å². The fourth-order valence-corrected chi connectivity index (χ4v) is 3.51. The van der Waals surface area contributed by atoms with Crippen molar-refractivity contribution in [1.82, 2.24) is 10.6 Å². The summed E-state index contributed by atoms with van der Waals surface area (Å²) in [6.07, 6.45) is 6.09. The van der Waals surface area contributed by atoms with Gasteiger partial charge in [-0.1, -0.05) is 0 Å². The molecule has 1 aliphatic rings. The quantitative estimate of drug-likeness (QED) is 0.261. The summed E-state index contributed by atoms with van der Waals surface area (Å²) in [7, 11) is 4.81. The van der Waals surface area contributed by atoms with Crippen molar-refractivity contribution >= 4 is 29.9 Å². The number of methoxy groups -OCH3 is 3. The summed E-state index contributed by atoms with van der Waals surface area (Å²) in [5, 5.41) is 6.80. The Kier molecular flexibility index (Phi) is 11.5. The number of nitrogens with one attached hydrogen (secondary N) is 2. The number of hydrogen-bond donors (Lipinski definition) is 2. The van der Waals surface area contributed by atoms with Gasteiger partial charge in [0.1, 0.15) is 5.76 Å². The van der Waals surface area contributed by atoms with Crippen molar-refractivity contribution in [2.45, 2.75) is 38.3 Å². The molecule has 0 amide bonds. The lowest BCUT2D eigenvalue weighted by Crippen LogP contribution is -2.43. The number of rotatable bonds is 10. The zero-order chi connectivity index (χ0) is 21.9. The van der Waals surface area contributed by atoms with Gasteiger partial charge in [-0.25, -0.2) is 4.99 Å². The van der Waals surface area contributed by atoms with Crippen molar-refractivity contribution in [3.63, 3.8) is 0 Å². The molecule has 0 radical (unpaired) electrons. The maximum Gasteiger partial charge on any atom is 0.203 e. The van der Waals surface area contributed by atoms with E-state index < -0.39 is 0 Å². The van der Waals surface area contributed by atoms with Gasteiger partial charge in [-0.05, 0) is 49.1 Å². The molecular formula is C23H34IN3O5. The van der Waals surface area contributed by atoms with Gasteiger partial charge in [-0.3, -0.25) is 0 Å². The van der Waals surface area contributed by atoms with Crippen LogP contribution in [0.2, 0.25) is 0 Å². The highest BCUT2D eigenvalue weighted by atomic mass is 127. The standard InChI is InChI=1S/C23H33N3O5.HI/c1-27-20-13-17(14-21(28-2)22(20)29-3)15-25-23(24-10-9-18-8-6-12-30-18)26-16-19-7-4-5-11-31-19;/h6,8,12-14,19H,4-5,7,9-11,15-16H2,1-3H3,(H2,24,25,26);1H. The van der Waals surface area contributed by atoms with Crippen LogP contribution in [-0.4, -0.2) is 53.1 Å². The molecule has 2 aromatic rings. The number of guanidine groups is 1. The molecule has 178 valence electrons. The van der Waals surface area contributed by atoms with Crippen LogP contribution in [-0.2, 0) is 17.7 Å². The molecule has 1 fully saturated rings. The van der Waals surface area contributed by atoms with E-state index in [0.29, 0.717) is 30.3 Å². The fraction of sp³-hybridized carbons (Fsp3) is 0.522. The van der Waals surface area contributed by atoms with Gasteiger partial charge < -0.3 is 34.0 Å². The van der Waals surface area contributed by atoms with Crippen LogP contribution in [0.3, 0.4) is 0 Å². The van der Waals surface area contributed by atoms with Crippen LogP contribution >= 0.6 is 24.0 Å². The van der Waals surface area contributed by atoms with Gasteiger partial charge in [-0.2, -0.15) is 0 Å². The molecule has 0 bridgehead atoms. The van der Waals surface area contributed by atoms with E-state index in [2.05, 4.69) is 10.6 Å². The van der Waals surface area contributed by atoms with E-state index in [-0.39, 0.29) is 30.1 Å². The van der Waals surface area contributed by atoms with Crippen LogP contribution in [0.5, 0.6) is 17.2 Å². The van der Waals surface area contributed by atoms with E-state index in [9.17, 15) is 0 Å². The largest absolute Gasteiger partial charge is 0.493 e. The normalized spacial score (nSPS) is 16.1. The Morgan fingerprint density at radius 1 is 1.09 bits per heavy atom. The third-order valence-electron chi connectivity index (χ3n) is 5.16. The van der Waals surface area contributed by atoms with Crippen molar-refractivity contribution in [2.24, 2.45) is 4.99 Å². The first kappa shape index (κ1) is 26.1. The Morgan fingerprint density at radius 3 is 2.47 bits per heavy atom. The summed E-state index contributed by atoms with van der Waals surface area (Å²) in [6.45, 7) is 2.72. The maximum absolute atomic E-state index is 5.83. The molecule has 1 aliphatic heterocycles. The average molecular weight is 559 g/mol. The van der Waals surface area contributed by atoms with E-state index in [4.69, 9.17) is 28.4 Å². The molecule has 1 aromatic carbocycles. The van der Waals surface area contributed by atoms with Crippen molar-refractivity contribution in [2.75, 3.05) is 41.0 Å². The SMILES string of the molecule is COc1cc(CN=C(NCCc2ccco2)NCC2CCCCO2)cc(OC)c1OC.I. The zero-order valence-corrected chi connectivity index (χ0v) is 21.3. The number of aliphatic imine (C=N–C) groups is 1. The number of halogens is 1. The average Bonchev–Trinajstić information content (AvgIpc) is 3.33. The minimum Gasteiger partial charge on any atom is -0.493 e. The lowest BCUT2D eigenvalue weighted by Gasteiger charge is -2.24. The smallest absolute Gasteiger partial charge is 0.203 e. The zero-order valence-electron chi connectivity index (χ0n) is 19.0. The third-order valence-corrected chi connectivity index (χ3v) is 5.16. The van der Waals surface area contributed by atoms with Gasteiger partial charge in [0.25, 0.3) is 0 Å². The van der Waals surface area contributed by atoms with Crippen LogP contribution in [0.4, 0.5) is 0 Å². The molecule has 1 aromatic heterocycles. The van der Waals surface area contributed by atoms with Gasteiger partial charge >= 0.3 is 0 Å². The predicted octanol–water partition coefficient (Wildman–Crippen LogP) is 3.77. The molecule has 0 saturated carbocycles. The van der Waals surface area contributed by atoms with Crippen LogP contribution in [0.1, 0.15) is 30.6 Å². The molecule has 1 unspecified atom stereocenters. The number of benzene rings is 1. The van der Waals surface area contributed by atoms with Gasteiger partial charge in [0.15, 0.2) is 17.5 Å². The lowest BCUT2D eigenvalue weighted by atomic mass is 10.1. The number of furan rings is 1. The third kappa shape index (κ3) is 7.77. The molecular weight excluding hydrogens is 525 g/mol. The summed E-state index contributed by atoms with van der Waals surface area (Å²) in [5.74, 6) is 3.47. The number of ether oxygens (including phenoxy) is 4. The van der Waals surface area contributed by atoms with E-state index >= 15 is 0 Å². The maximum atomic E-state index is 5.83. The number of nitrogens with zero attached hydrogens (tertiary/aromatic N) is 1. The minimum atomic E-state index is 0. The molecule has 1 atom stereocenters. The molecule has 8 nitrogen and oxygen atoms in total. The minimum absolute atomic E-state index is 0. The molecule has 0 aliphatic carbocycles. The lowest BCUT2D eigenvalue weighted by molar-refractivity contribution is 0.0194. The molecule has 2 N–H and O–H groups in total. The highest BCUT2D eigenvalue weighted by molar-refractivity contribution is 14.0. The van der Waals surface area contributed by atoms with Gasteiger partial charge in [-0.15, -0.1) is 24.0 Å². The van der Waals surface area contributed by atoms with Crippen LogP contribution in [0.25, 0.3) is 0 Å². The summed E-state index contributed by atoms with van der Waals surface area (Å²) in [6, 6.07) is 7.69. The first-order valence-electron chi connectivity index (χ1n) is 10.7. The highest BCUT2D eigenvalue weighted by Gasteiger charge is 2.15. The first-order chi connectivity index (χ1) is 15.2. The van der Waals surface area contributed by atoms with Crippen LogP contribution in [0, 0.1) is 0 Å². The molecule has 32 heavy (non-hydrogen) atoms. The topological polar surface area (TPSA) is 86.5 Å². The highest BCUT2D eigenvalue weighted by Crippen LogP contribution is 2.38. The van der Waals surface area contributed by atoms with Crippen molar-refractivity contribution in [3.8, 4) is 17.2 Å². The second kappa shape index (κ2) is 14.1. The van der Waals surface area contributed by atoms with Gasteiger partial charge in [0.05, 0.1) is 40.2 Å². The van der Waals surface area contributed by atoms with Gasteiger partial charge in [0, 0.05) is 26.1 Å². The Morgan fingerprint density at radius 2 is 1.88 bits per heavy atom. The van der Waals surface area contributed by atoms with Crippen LogP contribution < -0.4 is 24.8 Å². The molecule has 0 spiro atoms. The Hall–Kier alpha value is -2.14. The second-order valence-corrected chi connectivity index (χ2v) is 7.32. The summed E-state index contributed by atoms with van der Waals surface area (Å²) < 4.78 is 27.5.